The number of rotatable bonds is 2. The summed E-state index contributed by atoms with van der Waals surface area (Å²) in [6.45, 7) is 4.29. The molecule has 3 heteroatoms. The molecule has 2 aromatic rings. The minimum Gasteiger partial charge on any atom is -0.545 e. The van der Waals surface area contributed by atoms with Crippen molar-refractivity contribution < 1.29 is 9.90 Å². The molecule has 2 aromatic carbocycles. The van der Waals surface area contributed by atoms with Gasteiger partial charge in [0, 0.05) is 11.6 Å². The number of hydrogen-bond donors (Lipinski definition) is 1. The van der Waals surface area contributed by atoms with Crippen LogP contribution >= 0.6 is 0 Å². The second-order valence-electron chi connectivity index (χ2n) is 6.93. The van der Waals surface area contributed by atoms with E-state index in [0.717, 1.165) is 12.0 Å². The number of carbonyl (C=O) groups excluding carboxylic acids is 1. The van der Waals surface area contributed by atoms with Crippen molar-refractivity contribution in [2.24, 2.45) is 5.92 Å². The van der Waals surface area contributed by atoms with E-state index >= 15 is 0 Å². The van der Waals surface area contributed by atoms with Crippen LogP contribution in [0.3, 0.4) is 0 Å². The summed E-state index contributed by atoms with van der Waals surface area (Å²) in [4.78, 5) is 11.0. The maximum Gasteiger partial charge on any atom is 0.0715 e. The molecule has 0 spiro atoms. The molecule has 122 valence electrons. The molecule has 0 saturated carbocycles. The van der Waals surface area contributed by atoms with Gasteiger partial charge in [-0.3, -0.25) is 0 Å². The topological polar surface area (TPSA) is 52.2 Å². The van der Waals surface area contributed by atoms with Crippen molar-refractivity contribution >= 4 is 11.7 Å². The van der Waals surface area contributed by atoms with Crippen molar-refractivity contribution in [3.8, 4) is 0 Å². The minimum absolute atomic E-state index is 0.190. The zero-order valence-corrected chi connectivity index (χ0v) is 13.9. The number of benzene rings is 2. The van der Waals surface area contributed by atoms with Crippen molar-refractivity contribution in [3.05, 3.63) is 76.4 Å². The van der Waals surface area contributed by atoms with Gasteiger partial charge in [0.1, 0.15) is 0 Å². The van der Waals surface area contributed by atoms with Crippen LogP contribution in [0.15, 0.2) is 48.6 Å². The molecule has 1 aliphatic heterocycles. The first-order chi connectivity index (χ1) is 11.5. The van der Waals surface area contributed by atoms with Crippen LogP contribution in [-0.4, -0.2) is 5.97 Å². The number of aryl methyl sites for hydroxylation is 2. The molecule has 2 aliphatic rings. The number of allylic oxidation sites excluding steroid dienone is 2. The lowest BCUT2D eigenvalue weighted by Crippen LogP contribution is -2.30. The maximum absolute atomic E-state index is 11.0. The van der Waals surface area contributed by atoms with Crippen molar-refractivity contribution in [3.63, 3.8) is 0 Å². The third kappa shape index (κ3) is 2.32. The molecule has 0 fully saturated rings. The Morgan fingerprint density at radius 3 is 2.62 bits per heavy atom. The lowest BCUT2D eigenvalue weighted by atomic mass is 9.76. The summed E-state index contributed by atoms with van der Waals surface area (Å²) in [6, 6.07) is 11.8. The Morgan fingerprint density at radius 1 is 1.17 bits per heavy atom. The predicted octanol–water partition coefficient (Wildman–Crippen LogP) is 3.49. The molecule has 3 atom stereocenters. The lowest BCUT2D eigenvalue weighted by Gasteiger charge is -2.38. The summed E-state index contributed by atoms with van der Waals surface area (Å²) in [6.07, 6.45) is 5.63. The normalized spacial score (nSPS) is 24.2. The molecular weight excluding hydrogens is 298 g/mol. The van der Waals surface area contributed by atoms with Gasteiger partial charge in [0.25, 0.3) is 0 Å². The number of carboxylic acid groups (broad SMARTS) is 1. The molecule has 1 N–H and O–H groups in total. The zero-order chi connectivity index (χ0) is 16.8. The van der Waals surface area contributed by atoms with E-state index in [-0.39, 0.29) is 11.6 Å². The van der Waals surface area contributed by atoms with Gasteiger partial charge in [-0.1, -0.05) is 54.1 Å². The molecule has 0 bridgehead atoms. The lowest BCUT2D eigenvalue weighted by molar-refractivity contribution is -0.255. The number of carbonyl (C=O) groups is 1. The van der Waals surface area contributed by atoms with Crippen molar-refractivity contribution in [1.82, 2.24) is 0 Å². The van der Waals surface area contributed by atoms with Gasteiger partial charge in [0.2, 0.25) is 0 Å². The summed E-state index contributed by atoms with van der Waals surface area (Å²) in [7, 11) is 0. The van der Waals surface area contributed by atoms with Crippen molar-refractivity contribution in [2.75, 3.05) is 5.32 Å². The molecule has 1 heterocycles. The second kappa shape index (κ2) is 5.52. The van der Waals surface area contributed by atoms with Crippen LogP contribution in [0, 0.1) is 19.8 Å². The summed E-state index contributed by atoms with van der Waals surface area (Å²) in [5.41, 5.74) is 6.52. The average molecular weight is 318 g/mol. The summed E-state index contributed by atoms with van der Waals surface area (Å²) in [5.74, 6) is -0.242. The number of anilines is 1. The highest BCUT2D eigenvalue weighted by atomic mass is 16.4. The highest BCUT2D eigenvalue weighted by molar-refractivity contribution is 5.85. The average Bonchev–Trinajstić information content (AvgIpc) is 3.04. The fraction of sp³-hybridized carbons (Fsp3) is 0.286. The first-order valence-electron chi connectivity index (χ1n) is 8.40. The molecule has 0 saturated heterocycles. The highest BCUT2D eigenvalue weighted by Crippen LogP contribution is 2.50. The number of fused-ring (bicyclic) bond motifs is 3. The van der Waals surface area contributed by atoms with E-state index in [1.54, 1.807) is 12.1 Å². The van der Waals surface area contributed by atoms with E-state index in [2.05, 4.69) is 43.4 Å². The maximum atomic E-state index is 11.0. The molecule has 0 radical (unpaired) electrons. The quantitative estimate of drug-likeness (QED) is 0.862. The van der Waals surface area contributed by atoms with Gasteiger partial charge >= 0.3 is 0 Å². The van der Waals surface area contributed by atoms with Crippen LogP contribution in [0.4, 0.5) is 5.69 Å². The molecule has 0 aromatic heterocycles. The fourth-order valence-electron chi connectivity index (χ4n) is 4.23. The van der Waals surface area contributed by atoms with Crippen molar-refractivity contribution in [2.45, 2.75) is 32.2 Å². The molecular formula is C21H20NO2-. The molecule has 1 aliphatic carbocycles. The van der Waals surface area contributed by atoms with Crippen LogP contribution < -0.4 is 10.4 Å². The summed E-state index contributed by atoms with van der Waals surface area (Å²) < 4.78 is 0. The van der Waals surface area contributed by atoms with E-state index in [9.17, 15) is 9.90 Å². The fourth-order valence-corrected chi connectivity index (χ4v) is 4.23. The molecule has 0 amide bonds. The first kappa shape index (κ1) is 15.0. The second-order valence-corrected chi connectivity index (χ2v) is 6.93. The summed E-state index contributed by atoms with van der Waals surface area (Å²) in [5, 5.41) is 14.7. The Morgan fingerprint density at radius 2 is 1.92 bits per heavy atom. The van der Waals surface area contributed by atoms with E-state index in [1.807, 2.05) is 12.1 Å². The predicted molar refractivity (Wildman–Crippen MR) is 93.0 cm³/mol. The third-order valence-corrected chi connectivity index (χ3v) is 5.32. The van der Waals surface area contributed by atoms with Gasteiger partial charge in [-0.05, 0) is 48.4 Å². The minimum atomic E-state index is -1.13. The van der Waals surface area contributed by atoms with Crippen molar-refractivity contribution in [1.29, 1.82) is 0 Å². The Balaban J connectivity index is 1.76. The largest absolute Gasteiger partial charge is 0.545 e. The van der Waals surface area contributed by atoms with Crippen LogP contribution in [0.2, 0.25) is 0 Å². The van der Waals surface area contributed by atoms with Crippen LogP contribution in [-0.2, 0) is 0 Å². The van der Waals surface area contributed by atoms with Crippen LogP contribution in [0.25, 0.3) is 0 Å². The van der Waals surface area contributed by atoms with Gasteiger partial charge in [-0.25, -0.2) is 0 Å². The SMILES string of the molecule is Cc1cc(C)c2c(c1)[C@@H]1C=CC[C@@H]1[C@H](c1ccc(C(=O)[O-])cc1)N2. The standard InChI is InChI=1S/C21H21NO2/c1-12-10-13(2)19-18(11-12)16-4-3-5-17(16)20(22-19)14-6-8-15(9-7-14)21(23)24/h3-4,6-11,16-17,20,22H,5H2,1-2H3,(H,23,24)/p-1/t16-,17+,20+/m1/s1. The van der Waals surface area contributed by atoms with Gasteiger partial charge in [0.15, 0.2) is 0 Å². The monoisotopic (exact) mass is 318 g/mol. The van der Waals surface area contributed by atoms with E-state index in [0.29, 0.717) is 11.8 Å². The Labute approximate surface area is 142 Å². The number of nitrogens with one attached hydrogen (secondary N) is 1. The Kier molecular flexibility index (Phi) is 3.45. The third-order valence-electron chi connectivity index (χ3n) is 5.32. The van der Waals surface area contributed by atoms with Gasteiger partial charge in [0.05, 0.1) is 12.0 Å². The zero-order valence-electron chi connectivity index (χ0n) is 13.9. The van der Waals surface area contributed by atoms with Gasteiger partial charge < -0.3 is 15.2 Å². The van der Waals surface area contributed by atoms with Crippen LogP contribution in [0.5, 0.6) is 0 Å². The van der Waals surface area contributed by atoms with Crippen LogP contribution in [0.1, 0.15) is 51.0 Å². The number of carboxylic acids is 1. The smallest absolute Gasteiger partial charge is 0.0715 e. The Hall–Kier alpha value is -2.55. The molecule has 4 rings (SSSR count). The van der Waals surface area contributed by atoms with E-state index in [4.69, 9.17) is 0 Å². The molecule has 24 heavy (non-hydrogen) atoms. The van der Waals surface area contributed by atoms with E-state index in [1.165, 1.54) is 22.4 Å². The summed E-state index contributed by atoms with van der Waals surface area (Å²) >= 11 is 0. The van der Waals surface area contributed by atoms with E-state index < -0.39 is 5.97 Å². The van der Waals surface area contributed by atoms with Gasteiger partial charge in [-0.15, -0.1) is 0 Å². The molecule has 0 unspecified atom stereocenters. The first-order valence-corrected chi connectivity index (χ1v) is 8.40. The highest BCUT2D eigenvalue weighted by Gasteiger charge is 2.38. The number of hydrogen-bond acceptors (Lipinski definition) is 3. The van der Waals surface area contributed by atoms with Gasteiger partial charge in [-0.2, -0.15) is 0 Å². The Bertz CT molecular complexity index is 836. The molecule has 3 nitrogen and oxygen atoms in total. The number of aromatic carboxylic acids is 1.